The zero-order valence-corrected chi connectivity index (χ0v) is 15.1. The summed E-state index contributed by atoms with van der Waals surface area (Å²) < 4.78 is 2.00. The van der Waals surface area contributed by atoms with Crippen molar-refractivity contribution in [2.45, 2.75) is 39.2 Å². The van der Waals surface area contributed by atoms with Gasteiger partial charge in [-0.2, -0.15) is 0 Å². The SMILES string of the molecule is CCc1nc2ccccc2n1CC(=O)N1CCC(C)c2cccc(O)c21. The first-order valence-electron chi connectivity index (χ1n) is 9.16. The van der Waals surface area contributed by atoms with Crippen LogP contribution in [0.2, 0.25) is 0 Å². The summed E-state index contributed by atoms with van der Waals surface area (Å²) in [6.45, 7) is 5.04. The second-order valence-electron chi connectivity index (χ2n) is 6.91. The highest BCUT2D eigenvalue weighted by atomic mass is 16.3. The Labute approximate surface area is 152 Å². The second kappa shape index (κ2) is 6.48. The molecule has 0 radical (unpaired) electrons. The molecule has 2 heterocycles. The average molecular weight is 349 g/mol. The second-order valence-corrected chi connectivity index (χ2v) is 6.91. The Morgan fingerprint density at radius 3 is 2.85 bits per heavy atom. The summed E-state index contributed by atoms with van der Waals surface area (Å²) in [7, 11) is 0. The number of nitrogens with zero attached hydrogens (tertiary/aromatic N) is 3. The van der Waals surface area contributed by atoms with Gasteiger partial charge in [0.2, 0.25) is 5.91 Å². The number of phenols is 1. The van der Waals surface area contributed by atoms with Crippen molar-refractivity contribution in [1.82, 2.24) is 9.55 Å². The number of hydrogen-bond acceptors (Lipinski definition) is 3. The zero-order valence-electron chi connectivity index (χ0n) is 15.1. The summed E-state index contributed by atoms with van der Waals surface area (Å²) in [6, 6.07) is 13.4. The maximum Gasteiger partial charge on any atom is 0.247 e. The molecular formula is C21H23N3O2. The molecule has 26 heavy (non-hydrogen) atoms. The Bertz CT molecular complexity index is 977. The molecule has 0 saturated carbocycles. The molecule has 0 spiro atoms. The normalized spacial score (nSPS) is 16.7. The molecular weight excluding hydrogens is 326 g/mol. The first-order chi connectivity index (χ1) is 12.6. The Kier molecular flexibility index (Phi) is 4.15. The van der Waals surface area contributed by atoms with Crippen LogP contribution in [0, 0.1) is 0 Å². The van der Waals surface area contributed by atoms with E-state index in [0.717, 1.165) is 35.3 Å². The molecule has 1 unspecified atom stereocenters. The van der Waals surface area contributed by atoms with E-state index in [0.29, 0.717) is 18.2 Å². The van der Waals surface area contributed by atoms with Crippen molar-refractivity contribution in [3.63, 3.8) is 0 Å². The molecule has 3 aromatic rings. The highest BCUT2D eigenvalue weighted by Gasteiger charge is 2.29. The lowest BCUT2D eigenvalue weighted by Crippen LogP contribution is -2.38. The summed E-state index contributed by atoms with van der Waals surface area (Å²) in [5, 5.41) is 10.4. The number of phenolic OH excluding ortho intramolecular Hbond substituents is 1. The average Bonchev–Trinajstić information content (AvgIpc) is 3.00. The number of imidazole rings is 1. The lowest BCUT2D eigenvalue weighted by Gasteiger charge is -2.33. The summed E-state index contributed by atoms with van der Waals surface area (Å²) in [4.78, 5) is 19.5. The third-order valence-corrected chi connectivity index (χ3v) is 5.28. The minimum absolute atomic E-state index is 0.0162. The minimum atomic E-state index is -0.0162. The molecule has 1 N–H and O–H groups in total. The number of anilines is 1. The summed E-state index contributed by atoms with van der Waals surface area (Å²) in [5.41, 5.74) is 3.59. The van der Waals surface area contributed by atoms with Crippen LogP contribution in [-0.4, -0.2) is 27.1 Å². The topological polar surface area (TPSA) is 58.4 Å². The van der Waals surface area contributed by atoms with Crippen LogP contribution in [0.3, 0.4) is 0 Å². The quantitative estimate of drug-likeness (QED) is 0.781. The molecule has 0 fully saturated rings. The van der Waals surface area contributed by atoms with Gasteiger partial charge in [0.05, 0.1) is 16.7 Å². The van der Waals surface area contributed by atoms with Crippen molar-refractivity contribution in [1.29, 1.82) is 0 Å². The van der Waals surface area contributed by atoms with Gasteiger partial charge in [-0.3, -0.25) is 4.79 Å². The van der Waals surface area contributed by atoms with E-state index in [2.05, 4.69) is 11.9 Å². The van der Waals surface area contributed by atoms with E-state index in [1.165, 1.54) is 0 Å². The predicted molar refractivity (Wildman–Crippen MR) is 103 cm³/mol. The maximum atomic E-state index is 13.2. The fraction of sp³-hybridized carbons (Fsp3) is 0.333. The first kappa shape index (κ1) is 16.6. The summed E-state index contributed by atoms with van der Waals surface area (Å²) in [6.07, 6.45) is 1.66. The molecule has 134 valence electrons. The molecule has 5 nitrogen and oxygen atoms in total. The third-order valence-electron chi connectivity index (χ3n) is 5.28. The Morgan fingerprint density at radius 1 is 1.23 bits per heavy atom. The summed E-state index contributed by atoms with van der Waals surface area (Å²) >= 11 is 0. The molecule has 1 aromatic heterocycles. The number of aryl methyl sites for hydroxylation is 1. The number of rotatable bonds is 3. The Hall–Kier alpha value is -2.82. The molecule has 5 heteroatoms. The van der Waals surface area contributed by atoms with Crippen molar-refractivity contribution in [3.05, 3.63) is 53.9 Å². The van der Waals surface area contributed by atoms with Crippen molar-refractivity contribution in [3.8, 4) is 5.75 Å². The van der Waals surface area contributed by atoms with Crippen molar-refractivity contribution in [2.75, 3.05) is 11.4 Å². The van der Waals surface area contributed by atoms with Crippen LogP contribution in [0.4, 0.5) is 5.69 Å². The van der Waals surface area contributed by atoms with Gasteiger partial charge in [0.1, 0.15) is 18.1 Å². The number of para-hydroxylation sites is 3. The summed E-state index contributed by atoms with van der Waals surface area (Å²) in [5.74, 6) is 1.40. The van der Waals surface area contributed by atoms with Gasteiger partial charge >= 0.3 is 0 Å². The molecule has 0 aliphatic carbocycles. The third kappa shape index (κ3) is 2.64. The van der Waals surface area contributed by atoms with Crippen LogP contribution >= 0.6 is 0 Å². The van der Waals surface area contributed by atoms with Crippen molar-refractivity contribution < 1.29 is 9.90 Å². The molecule has 1 amide bonds. The minimum Gasteiger partial charge on any atom is -0.506 e. The van der Waals surface area contributed by atoms with Gasteiger partial charge in [0.15, 0.2) is 0 Å². The van der Waals surface area contributed by atoms with Gasteiger partial charge in [-0.15, -0.1) is 0 Å². The van der Waals surface area contributed by atoms with Crippen LogP contribution < -0.4 is 4.90 Å². The molecule has 0 saturated heterocycles. The fourth-order valence-corrected chi connectivity index (χ4v) is 3.87. The van der Waals surface area contributed by atoms with Crippen LogP contribution in [0.15, 0.2) is 42.5 Å². The van der Waals surface area contributed by atoms with E-state index < -0.39 is 0 Å². The zero-order chi connectivity index (χ0) is 18.3. The van der Waals surface area contributed by atoms with Crippen molar-refractivity contribution >= 4 is 22.6 Å². The van der Waals surface area contributed by atoms with Gasteiger partial charge in [-0.25, -0.2) is 4.98 Å². The molecule has 1 aliphatic heterocycles. The van der Waals surface area contributed by atoms with E-state index in [1.54, 1.807) is 11.0 Å². The van der Waals surface area contributed by atoms with Gasteiger partial charge in [-0.1, -0.05) is 38.1 Å². The van der Waals surface area contributed by atoms with Crippen molar-refractivity contribution in [2.24, 2.45) is 0 Å². The number of aromatic nitrogens is 2. The lowest BCUT2D eigenvalue weighted by atomic mass is 9.91. The highest BCUT2D eigenvalue weighted by Crippen LogP contribution is 2.41. The van der Waals surface area contributed by atoms with E-state index in [4.69, 9.17) is 0 Å². The van der Waals surface area contributed by atoms with E-state index in [-0.39, 0.29) is 18.2 Å². The Morgan fingerprint density at radius 2 is 2.04 bits per heavy atom. The van der Waals surface area contributed by atoms with Gasteiger partial charge < -0.3 is 14.6 Å². The maximum absolute atomic E-state index is 13.2. The van der Waals surface area contributed by atoms with Crippen LogP contribution in [0.5, 0.6) is 5.75 Å². The van der Waals surface area contributed by atoms with Crippen LogP contribution in [0.1, 0.15) is 37.6 Å². The van der Waals surface area contributed by atoms with Crippen LogP contribution in [-0.2, 0) is 17.8 Å². The lowest BCUT2D eigenvalue weighted by molar-refractivity contribution is -0.119. The highest BCUT2D eigenvalue weighted by molar-refractivity contribution is 5.97. The molecule has 1 atom stereocenters. The van der Waals surface area contributed by atoms with Crippen LogP contribution in [0.25, 0.3) is 11.0 Å². The monoisotopic (exact) mass is 349 g/mol. The molecule has 1 aliphatic rings. The fourth-order valence-electron chi connectivity index (χ4n) is 3.87. The number of carbonyl (C=O) groups excluding carboxylic acids is 1. The number of benzene rings is 2. The molecule has 4 rings (SSSR count). The predicted octanol–water partition coefficient (Wildman–Crippen LogP) is 3.84. The van der Waals surface area contributed by atoms with E-state index >= 15 is 0 Å². The smallest absolute Gasteiger partial charge is 0.247 e. The van der Waals surface area contributed by atoms with E-state index in [1.807, 2.05) is 47.9 Å². The molecule has 2 aromatic carbocycles. The largest absolute Gasteiger partial charge is 0.506 e. The Balaban J connectivity index is 1.72. The number of aromatic hydroxyl groups is 1. The number of hydrogen-bond donors (Lipinski definition) is 1. The number of amides is 1. The standard InChI is InChI=1S/C21H23N3O2/c1-3-19-22-16-8-4-5-9-17(16)24(19)13-20(26)23-12-11-14(2)15-7-6-10-18(25)21(15)23/h4-10,14,25H,3,11-13H2,1-2H3. The van der Waals surface area contributed by atoms with Gasteiger partial charge in [0.25, 0.3) is 0 Å². The first-order valence-corrected chi connectivity index (χ1v) is 9.16. The number of fused-ring (bicyclic) bond motifs is 2. The van der Waals surface area contributed by atoms with Gasteiger partial charge in [0, 0.05) is 13.0 Å². The molecule has 0 bridgehead atoms. The van der Waals surface area contributed by atoms with Gasteiger partial charge in [-0.05, 0) is 36.1 Å². The number of carbonyl (C=O) groups is 1. The van der Waals surface area contributed by atoms with E-state index in [9.17, 15) is 9.90 Å².